The highest BCUT2D eigenvalue weighted by Gasteiger charge is 2.16. The molecule has 0 aromatic carbocycles. The number of hydrogen-bond acceptors (Lipinski definition) is 4. The van der Waals surface area contributed by atoms with E-state index in [1.807, 2.05) is 6.92 Å². The maximum absolute atomic E-state index is 11.3. The summed E-state index contributed by atoms with van der Waals surface area (Å²) in [5, 5.41) is 0. The zero-order valence-corrected chi connectivity index (χ0v) is 9.82. The molecule has 0 aliphatic carbocycles. The van der Waals surface area contributed by atoms with Gasteiger partial charge in [0.05, 0.1) is 12.5 Å². The van der Waals surface area contributed by atoms with E-state index in [9.17, 15) is 4.79 Å². The Bertz CT molecular complexity index is 140. The molecule has 0 amide bonds. The van der Waals surface area contributed by atoms with Gasteiger partial charge in [0.1, 0.15) is 0 Å². The van der Waals surface area contributed by atoms with E-state index in [0.29, 0.717) is 12.4 Å². The van der Waals surface area contributed by atoms with Crippen LogP contribution in [0, 0.1) is 5.92 Å². The van der Waals surface area contributed by atoms with Crippen molar-refractivity contribution in [1.82, 2.24) is 0 Å². The maximum atomic E-state index is 11.3. The number of carbonyl (C=O) groups excluding carboxylic acids is 1. The molecule has 0 aliphatic heterocycles. The van der Waals surface area contributed by atoms with Gasteiger partial charge in [-0.25, -0.2) is 0 Å². The molecule has 4 heteroatoms. The van der Waals surface area contributed by atoms with Crippen LogP contribution in [0.4, 0.5) is 0 Å². The van der Waals surface area contributed by atoms with Crippen LogP contribution in [0.15, 0.2) is 0 Å². The summed E-state index contributed by atoms with van der Waals surface area (Å²) in [6, 6.07) is 0. The maximum Gasteiger partial charge on any atom is 0.309 e. The normalized spacial score (nSPS) is 12.5. The van der Waals surface area contributed by atoms with Crippen LogP contribution in [0.1, 0.15) is 26.2 Å². The van der Waals surface area contributed by atoms with Crippen molar-refractivity contribution in [3.05, 3.63) is 0 Å². The van der Waals surface area contributed by atoms with E-state index in [4.69, 9.17) is 4.74 Å². The predicted molar refractivity (Wildman–Crippen MR) is 61.7 cm³/mol. The van der Waals surface area contributed by atoms with Gasteiger partial charge in [-0.15, -0.1) is 0 Å². The Kier molecular flexibility index (Phi) is 8.87. The summed E-state index contributed by atoms with van der Waals surface area (Å²) >= 11 is 8.24. The van der Waals surface area contributed by atoms with E-state index in [1.54, 1.807) is 0 Å². The largest absolute Gasteiger partial charge is 0.466 e. The Morgan fingerprint density at radius 3 is 2.54 bits per heavy atom. The number of unbranched alkanes of at least 4 members (excludes halogenated alkanes) is 1. The highest BCUT2D eigenvalue weighted by Crippen LogP contribution is 2.12. The van der Waals surface area contributed by atoms with Crippen molar-refractivity contribution in [2.45, 2.75) is 26.2 Å². The second-order valence-corrected chi connectivity index (χ2v) is 3.66. The molecule has 0 N–H and O–H groups in total. The van der Waals surface area contributed by atoms with Crippen LogP contribution in [-0.2, 0) is 9.53 Å². The molecule has 0 fully saturated rings. The first kappa shape index (κ1) is 13.2. The number of thiol groups is 2. The number of ether oxygens (including phenoxy) is 1. The zero-order valence-electron chi connectivity index (χ0n) is 8.03. The lowest BCUT2D eigenvalue weighted by Crippen LogP contribution is -2.19. The van der Waals surface area contributed by atoms with Gasteiger partial charge in [0.25, 0.3) is 0 Å². The summed E-state index contributed by atoms with van der Waals surface area (Å²) in [4.78, 5) is 11.3. The van der Waals surface area contributed by atoms with Crippen LogP contribution in [-0.4, -0.2) is 24.1 Å². The van der Waals surface area contributed by atoms with Crippen LogP contribution in [0.3, 0.4) is 0 Å². The average molecular weight is 222 g/mol. The van der Waals surface area contributed by atoms with Gasteiger partial charge in [0, 0.05) is 5.75 Å². The number of carbonyl (C=O) groups is 1. The van der Waals surface area contributed by atoms with Crippen LogP contribution < -0.4 is 0 Å². The molecule has 1 atom stereocenters. The van der Waals surface area contributed by atoms with Gasteiger partial charge in [-0.1, -0.05) is 6.42 Å². The second-order valence-electron chi connectivity index (χ2n) is 2.85. The van der Waals surface area contributed by atoms with E-state index in [0.717, 1.165) is 25.0 Å². The lowest BCUT2D eigenvalue weighted by molar-refractivity contribution is -0.147. The summed E-state index contributed by atoms with van der Waals surface area (Å²) in [7, 11) is 0. The Balaban J connectivity index is 3.67. The molecule has 0 heterocycles. The SMILES string of the molecule is CCOC(=O)C(CS)CCCCS. The smallest absolute Gasteiger partial charge is 0.309 e. The van der Waals surface area contributed by atoms with E-state index in [-0.39, 0.29) is 11.9 Å². The Morgan fingerprint density at radius 2 is 2.08 bits per heavy atom. The first-order valence-electron chi connectivity index (χ1n) is 4.64. The molecule has 2 nitrogen and oxygen atoms in total. The molecule has 0 rings (SSSR count). The predicted octanol–water partition coefficient (Wildman–Crippen LogP) is 2.20. The van der Waals surface area contributed by atoms with Crippen molar-refractivity contribution in [3.8, 4) is 0 Å². The van der Waals surface area contributed by atoms with E-state index in [2.05, 4.69) is 25.3 Å². The Hall–Kier alpha value is 0.170. The molecule has 0 saturated carbocycles. The average Bonchev–Trinajstić information content (AvgIpc) is 2.13. The van der Waals surface area contributed by atoms with Gasteiger partial charge >= 0.3 is 5.97 Å². The summed E-state index contributed by atoms with van der Waals surface area (Å²) < 4.78 is 4.92. The van der Waals surface area contributed by atoms with Crippen LogP contribution in [0.25, 0.3) is 0 Å². The molecular formula is C9H18O2S2. The Morgan fingerprint density at radius 1 is 1.38 bits per heavy atom. The standard InChI is InChI=1S/C9H18O2S2/c1-2-11-9(10)8(7-13)5-3-4-6-12/h8,12-13H,2-7H2,1H3. The monoisotopic (exact) mass is 222 g/mol. The number of esters is 1. The molecule has 1 unspecified atom stereocenters. The minimum absolute atomic E-state index is 0.0387. The first-order valence-corrected chi connectivity index (χ1v) is 5.91. The van der Waals surface area contributed by atoms with Crippen molar-refractivity contribution in [1.29, 1.82) is 0 Å². The lowest BCUT2D eigenvalue weighted by Gasteiger charge is -2.12. The molecule has 0 bridgehead atoms. The molecular weight excluding hydrogens is 204 g/mol. The minimum Gasteiger partial charge on any atom is -0.466 e. The van der Waals surface area contributed by atoms with Gasteiger partial charge < -0.3 is 4.74 Å². The van der Waals surface area contributed by atoms with Gasteiger partial charge in [-0.3, -0.25) is 4.79 Å². The van der Waals surface area contributed by atoms with Crippen LogP contribution in [0.2, 0.25) is 0 Å². The van der Waals surface area contributed by atoms with Crippen LogP contribution >= 0.6 is 25.3 Å². The van der Waals surface area contributed by atoms with Crippen LogP contribution in [0.5, 0.6) is 0 Å². The van der Waals surface area contributed by atoms with Crippen molar-refractivity contribution in [3.63, 3.8) is 0 Å². The van der Waals surface area contributed by atoms with Gasteiger partial charge in [0.15, 0.2) is 0 Å². The third-order valence-corrected chi connectivity index (χ3v) is 2.56. The summed E-state index contributed by atoms with van der Waals surface area (Å²) in [5.41, 5.74) is 0. The quantitative estimate of drug-likeness (QED) is 0.392. The third-order valence-electron chi connectivity index (χ3n) is 1.80. The number of hydrogen-bond donors (Lipinski definition) is 2. The topological polar surface area (TPSA) is 26.3 Å². The fourth-order valence-corrected chi connectivity index (χ4v) is 1.60. The van der Waals surface area contributed by atoms with Crippen molar-refractivity contribution in [2.75, 3.05) is 18.1 Å². The zero-order chi connectivity index (χ0) is 10.1. The molecule has 0 aliphatic rings. The first-order chi connectivity index (χ1) is 6.26. The third kappa shape index (κ3) is 6.27. The molecule has 0 aromatic rings. The molecule has 0 aromatic heterocycles. The van der Waals surface area contributed by atoms with Crippen molar-refractivity contribution in [2.24, 2.45) is 5.92 Å². The van der Waals surface area contributed by atoms with Gasteiger partial charge in [-0.2, -0.15) is 25.3 Å². The number of rotatable bonds is 7. The fraction of sp³-hybridized carbons (Fsp3) is 0.889. The fourth-order valence-electron chi connectivity index (χ4n) is 1.05. The minimum atomic E-state index is -0.114. The molecule has 78 valence electrons. The van der Waals surface area contributed by atoms with E-state index in [1.165, 1.54) is 0 Å². The lowest BCUT2D eigenvalue weighted by atomic mass is 10.0. The summed E-state index contributed by atoms with van der Waals surface area (Å²) in [5.74, 6) is 1.30. The molecule has 0 radical (unpaired) electrons. The van der Waals surface area contributed by atoms with Gasteiger partial charge in [-0.05, 0) is 25.5 Å². The summed E-state index contributed by atoms with van der Waals surface area (Å²) in [6.07, 6.45) is 2.93. The molecule has 13 heavy (non-hydrogen) atoms. The highest BCUT2D eigenvalue weighted by atomic mass is 32.1. The van der Waals surface area contributed by atoms with E-state index < -0.39 is 0 Å². The van der Waals surface area contributed by atoms with Crippen molar-refractivity contribution < 1.29 is 9.53 Å². The molecule has 0 spiro atoms. The molecule has 0 saturated heterocycles. The Labute approximate surface area is 91.2 Å². The van der Waals surface area contributed by atoms with Crippen molar-refractivity contribution >= 4 is 31.2 Å². The highest BCUT2D eigenvalue weighted by molar-refractivity contribution is 7.80. The van der Waals surface area contributed by atoms with E-state index >= 15 is 0 Å². The summed E-state index contributed by atoms with van der Waals surface area (Å²) in [6.45, 7) is 2.27. The van der Waals surface area contributed by atoms with Gasteiger partial charge in [0.2, 0.25) is 0 Å². The second kappa shape index (κ2) is 8.75.